The van der Waals surface area contributed by atoms with Gasteiger partial charge in [-0.1, -0.05) is 6.07 Å². The summed E-state index contributed by atoms with van der Waals surface area (Å²) in [6.07, 6.45) is 2.28. The van der Waals surface area contributed by atoms with Gasteiger partial charge in [-0.3, -0.25) is 14.5 Å². The Morgan fingerprint density at radius 1 is 1.12 bits per heavy atom. The molecule has 0 aromatic heterocycles. The summed E-state index contributed by atoms with van der Waals surface area (Å²) >= 11 is 0. The molecule has 1 aromatic rings. The Bertz CT molecular complexity index is 484. The van der Waals surface area contributed by atoms with E-state index in [-0.39, 0.29) is 11.8 Å². The molecule has 0 N–H and O–H groups in total. The maximum Gasteiger partial charge on any atom is 0.233 e. The molecule has 4 heteroatoms. The summed E-state index contributed by atoms with van der Waals surface area (Å²) in [5, 5.41) is 8.81. The average molecular weight is 228 g/mol. The van der Waals surface area contributed by atoms with Gasteiger partial charge in [0.1, 0.15) is 0 Å². The minimum atomic E-state index is -0.178. The molecule has 1 saturated heterocycles. The Labute approximate surface area is 99.5 Å². The van der Waals surface area contributed by atoms with Gasteiger partial charge in [0.2, 0.25) is 11.8 Å². The molecule has 0 radical (unpaired) electrons. The Kier molecular flexibility index (Phi) is 3.20. The first kappa shape index (κ1) is 11.3. The van der Waals surface area contributed by atoms with E-state index in [1.165, 1.54) is 4.90 Å². The zero-order valence-corrected chi connectivity index (χ0v) is 9.35. The monoisotopic (exact) mass is 228 g/mol. The minimum Gasteiger partial charge on any atom is -0.274 e. The Balaban J connectivity index is 2.38. The Morgan fingerprint density at radius 2 is 1.76 bits per heavy atom. The van der Waals surface area contributed by atoms with Crippen molar-refractivity contribution in [2.24, 2.45) is 0 Å². The van der Waals surface area contributed by atoms with Gasteiger partial charge >= 0.3 is 0 Å². The number of hydrogen-bond donors (Lipinski definition) is 0. The van der Waals surface area contributed by atoms with Crippen LogP contribution in [0.2, 0.25) is 0 Å². The summed E-state index contributed by atoms with van der Waals surface area (Å²) in [4.78, 5) is 24.9. The van der Waals surface area contributed by atoms with Gasteiger partial charge in [-0.2, -0.15) is 5.26 Å². The smallest absolute Gasteiger partial charge is 0.233 e. The quantitative estimate of drug-likeness (QED) is 0.690. The van der Waals surface area contributed by atoms with E-state index in [9.17, 15) is 9.59 Å². The summed E-state index contributed by atoms with van der Waals surface area (Å²) in [6.45, 7) is 0. The van der Waals surface area contributed by atoms with E-state index in [1.54, 1.807) is 24.3 Å². The van der Waals surface area contributed by atoms with Crippen LogP contribution in [0.25, 0.3) is 0 Å². The lowest BCUT2D eigenvalue weighted by Crippen LogP contribution is -2.35. The predicted octanol–water partition coefficient (Wildman–Crippen LogP) is 1.99. The molecular weight excluding hydrogens is 216 g/mol. The van der Waals surface area contributed by atoms with Gasteiger partial charge in [0, 0.05) is 12.8 Å². The maximum absolute atomic E-state index is 11.8. The van der Waals surface area contributed by atoms with Crippen LogP contribution < -0.4 is 4.90 Å². The zero-order chi connectivity index (χ0) is 12.3. The normalized spacial score (nSPS) is 16.5. The highest BCUT2D eigenvalue weighted by molar-refractivity contribution is 6.15. The van der Waals surface area contributed by atoms with Gasteiger partial charge in [0.25, 0.3) is 0 Å². The SMILES string of the molecule is N#Cc1cccc(N2C(=O)CCCCC2=O)c1. The number of benzene rings is 1. The van der Waals surface area contributed by atoms with Gasteiger partial charge in [-0.25, -0.2) is 0 Å². The van der Waals surface area contributed by atoms with Gasteiger partial charge in [0.15, 0.2) is 0 Å². The third-order valence-electron chi connectivity index (χ3n) is 2.76. The Morgan fingerprint density at radius 3 is 2.35 bits per heavy atom. The van der Waals surface area contributed by atoms with Crippen molar-refractivity contribution in [3.8, 4) is 6.07 Å². The fraction of sp³-hybridized carbons (Fsp3) is 0.308. The highest BCUT2D eigenvalue weighted by Gasteiger charge is 2.25. The van der Waals surface area contributed by atoms with Crippen LogP contribution in [0.5, 0.6) is 0 Å². The van der Waals surface area contributed by atoms with Crippen LogP contribution in [-0.4, -0.2) is 11.8 Å². The van der Waals surface area contributed by atoms with Crippen molar-refractivity contribution < 1.29 is 9.59 Å². The van der Waals surface area contributed by atoms with E-state index in [1.807, 2.05) is 6.07 Å². The first-order valence-electron chi connectivity index (χ1n) is 5.58. The standard InChI is InChI=1S/C13H12N2O2/c14-9-10-4-3-5-11(8-10)15-12(16)6-1-2-7-13(15)17/h3-5,8H,1-2,6-7H2. The van der Waals surface area contributed by atoms with Crippen molar-refractivity contribution in [2.45, 2.75) is 25.7 Å². The van der Waals surface area contributed by atoms with Crippen molar-refractivity contribution in [1.82, 2.24) is 0 Å². The number of nitriles is 1. The van der Waals surface area contributed by atoms with E-state index in [0.29, 0.717) is 24.1 Å². The van der Waals surface area contributed by atoms with E-state index < -0.39 is 0 Å². The lowest BCUT2D eigenvalue weighted by Gasteiger charge is -2.18. The molecule has 86 valence electrons. The second-order valence-electron chi connectivity index (χ2n) is 3.99. The van der Waals surface area contributed by atoms with Crippen molar-refractivity contribution in [3.63, 3.8) is 0 Å². The van der Waals surface area contributed by atoms with Gasteiger partial charge < -0.3 is 0 Å². The number of hydrogen-bond acceptors (Lipinski definition) is 3. The first-order valence-corrected chi connectivity index (χ1v) is 5.58. The van der Waals surface area contributed by atoms with Gasteiger partial charge in [-0.15, -0.1) is 0 Å². The first-order chi connectivity index (χ1) is 8.22. The fourth-order valence-electron chi connectivity index (χ4n) is 1.92. The largest absolute Gasteiger partial charge is 0.274 e. The van der Waals surface area contributed by atoms with E-state index in [2.05, 4.69) is 0 Å². The van der Waals surface area contributed by atoms with Gasteiger partial charge in [0.05, 0.1) is 17.3 Å². The van der Waals surface area contributed by atoms with Crippen molar-refractivity contribution in [1.29, 1.82) is 5.26 Å². The number of nitrogens with zero attached hydrogens (tertiary/aromatic N) is 2. The van der Waals surface area contributed by atoms with E-state index in [0.717, 1.165) is 12.8 Å². The molecule has 0 unspecified atom stereocenters. The number of amides is 2. The van der Waals surface area contributed by atoms with E-state index >= 15 is 0 Å². The molecular formula is C13H12N2O2. The summed E-state index contributed by atoms with van der Waals surface area (Å²) < 4.78 is 0. The molecule has 1 fully saturated rings. The number of imide groups is 1. The molecule has 1 aliphatic heterocycles. The number of carbonyl (C=O) groups is 2. The molecule has 4 nitrogen and oxygen atoms in total. The van der Waals surface area contributed by atoms with Crippen LogP contribution in [0.3, 0.4) is 0 Å². The van der Waals surface area contributed by atoms with Crippen LogP contribution in [0.4, 0.5) is 5.69 Å². The third kappa shape index (κ3) is 2.34. The number of anilines is 1. The molecule has 1 aliphatic rings. The van der Waals surface area contributed by atoms with Crippen LogP contribution in [0.1, 0.15) is 31.2 Å². The van der Waals surface area contributed by atoms with Crippen LogP contribution in [0, 0.1) is 11.3 Å². The van der Waals surface area contributed by atoms with Crippen molar-refractivity contribution in [3.05, 3.63) is 29.8 Å². The topological polar surface area (TPSA) is 61.2 Å². The summed E-state index contributed by atoms with van der Waals surface area (Å²) in [7, 11) is 0. The fourth-order valence-corrected chi connectivity index (χ4v) is 1.92. The number of carbonyl (C=O) groups excluding carboxylic acids is 2. The molecule has 17 heavy (non-hydrogen) atoms. The highest BCUT2D eigenvalue weighted by atomic mass is 16.2. The highest BCUT2D eigenvalue weighted by Crippen LogP contribution is 2.22. The van der Waals surface area contributed by atoms with Crippen molar-refractivity contribution >= 4 is 17.5 Å². The molecule has 0 atom stereocenters. The summed E-state index contributed by atoms with van der Waals surface area (Å²) in [5.41, 5.74) is 0.952. The molecule has 0 saturated carbocycles. The third-order valence-corrected chi connectivity index (χ3v) is 2.76. The van der Waals surface area contributed by atoms with E-state index in [4.69, 9.17) is 5.26 Å². The van der Waals surface area contributed by atoms with Crippen LogP contribution >= 0.6 is 0 Å². The van der Waals surface area contributed by atoms with Crippen LogP contribution in [0.15, 0.2) is 24.3 Å². The molecule has 2 rings (SSSR count). The molecule has 1 heterocycles. The second kappa shape index (κ2) is 4.79. The number of rotatable bonds is 1. The Hall–Kier alpha value is -2.15. The lowest BCUT2D eigenvalue weighted by atomic mass is 10.2. The summed E-state index contributed by atoms with van der Waals surface area (Å²) in [5.74, 6) is -0.356. The second-order valence-corrected chi connectivity index (χ2v) is 3.99. The predicted molar refractivity (Wildman–Crippen MR) is 62.1 cm³/mol. The molecule has 1 aromatic carbocycles. The molecule has 2 amide bonds. The van der Waals surface area contributed by atoms with Gasteiger partial charge in [-0.05, 0) is 31.0 Å². The summed E-state index contributed by atoms with van der Waals surface area (Å²) in [6, 6.07) is 8.58. The molecule has 0 bridgehead atoms. The maximum atomic E-state index is 11.8. The molecule has 0 aliphatic carbocycles. The zero-order valence-electron chi connectivity index (χ0n) is 9.35. The van der Waals surface area contributed by atoms with Crippen molar-refractivity contribution in [2.75, 3.05) is 4.90 Å². The average Bonchev–Trinajstić information content (AvgIpc) is 2.51. The van der Waals surface area contributed by atoms with Crippen LogP contribution in [-0.2, 0) is 9.59 Å². The molecule has 0 spiro atoms. The minimum absolute atomic E-state index is 0.178. The lowest BCUT2D eigenvalue weighted by molar-refractivity contribution is -0.125.